The second kappa shape index (κ2) is 9.57. The lowest BCUT2D eigenvalue weighted by Gasteiger charge is -2.34. The smallest absolute Gasteiger partial charge is 0.260 e. The molecule has 1 N–H and O–H groups in total. The van der Waals surface area contributed by atoms with Gasteiger partial charge in [-0.2, -0.15) is 0 Å². The molecule has 32 heavy (non-hydrogen) atoms. The van der Waals surface area contributed by atoms with E-state index in [1.807, 2.05) is 4.90 Å². The molecule has 1 aromatic rings. The first-order valence-electron chi connectivity index (χ1n) is 11.8. The molecule has 1 amide bonds. The number of halogens is 4. The zero-order valence-electron chi connectivity index (χ0n) is 18.5. The monoisotopic (exact) mass is 456 g/mol. The lowest BCUT2D eigenvalue weighted by atomic mass is 9.90. The first-order chi connectivity index (χ1) is 15.3. The van der Waals surface area contributed by atoms with Crippen molar-refractivity contribution in [2.45, 2.75) is 63.8 Å². The summed E-state index contributed by atoms with van der Waals surface area (Å²) in [5.41, 5.74) is -0.561. The number of rotatable bonds is 10. The van der Waals surface area contributed by atoms with Crippen LogP contribution in [0.1, 0.15) is 62.2 Å². The van der Waals surface area contributed by atoms with E-state index in [9.17, 15) is 22.4 Å². The highest BCUT2D eigenvalue weighted by molar-refractivity contribution is 5.95. The van der Waals surface area contributed by atoms with Crippen LogP contribution in [0.4, 0.5) is 17.6 Å². The number of nitrogens with one attached hydrogen (secondary N) is 1. The fourth-order valence-electron chi connectivity index (χ4n) is 4.82. The molecule has 178 valence electrons. The molecular weight excluding hydrogens is 424 g/mol. The molecule has 1 saturated heterocycles. The van der Waals surface area contributed by atoms with Gasteiger partial charge in [0.25, 0.3) is 11.8 Å². The van der Waals surface area contributed by atoms with Crippen LogP contribution in [0.25, 0.3) is 0 Å². The number of hydrogen-bond acceptors (Lipinski definition) is 3. The van der Waals surface area contributed by atoms with Crippen molar-refractivity contribution < 1.29 is 27.1 Å². The van der Waals surface area contributed by atoms with E-state index in [0.717, 1.165) is 63.7 Å². The zero-order valence-corrected chi connectivity index (χ0v) is 18.5. The van der Waals surface area contributed by atoms with E-state index in [1.54, 1.807) is 0 Å². The second-order valence-electron chi connectivity index (χ2n) is 9.63. The van der Waals surface area contributed by atoms with Crippen molar-refractivity contribution in [3.8, 4) is 5.75 Å². The minimum Gasteiger partial charge on any atom is -0.493 e. The molecule has 8 heteroatoms. The van der Waals surface area contributed by atoms with E-state index in [0.29, 0.717) is 24.4 Å². The summed E-state index contributed by atoms with van der Waals surface area (Å²) in [5.74, 6) is -3.40. The molecule has 3 aliphatic rings. The lowest BCUT2D eigenvalue weighted by molar-refractivity contribution is -0.0424. The number of piperidine rings is 1. The Morgan fingerprint density at radius 1 is 1.16 bits per heavy atom. The predicted octanol–water partition coefficient (Wildman–Crippen LogP) is 5.02. The van der Waals surface area contributed by atoms with Gasteiger partial charge in [-0.3, -0.25) is 9.69 Å². The van der Waals surface area contributed by atoms with Crippen LogP contribution in [0.3, 0.4) is 0 Å². The minimum atomic E-state index is -2.61. The van der Waals surface area contributed by atoms with Crippen molar-refractivity contribution in [3.63, 3.8) is 0 Å². The Morgan fingerprint density at radius 3 is 2.41 bits per heavy atom. The second-order valence-corrected chi connectivity index (χ2v) is 9.63. The Balaban J connectivity index is 1.18. The summed E-state index contributed by atoms with van der Waals surface area (Å²) in [6.07, 6.45) is 5.35. The van der Waals surface area contributed by atoms with E-state index in [4.69, 9.17) is 4.74 Å². The molecule has 0 radical (unpaired) electrons. The fraction of sp³-hybridized carbons (Fsp3) is 0.708. The average Bonchev–Trinajstić information content (AvgIpc) is 3.65. The van der Waals surface area contributed by atoms with E-state index >= 15 is 0 Å². The van der Waals surface area contributed by atoms with E-state index in [-0.39, 0.29) is 24.8 Å². The quantitative estimate of drug-likeness (QED) is 0.503. The predicted molar refractivity (Wildman–Crippen MR) is 113 cm³/mol. The standard InChI is InChI=1S/C24H32F4N2O2/c1-2-24(27,28)14-30-8-5-15(6-9-30)19-11-16(19)7-10-32-18-12-20(25)22(21(26)13-18)23(31)29-17-3-4-17/h12-13,15-17,19H,2-11,14H2,1H3,(H,29,31)/t16-,19-/m1/s1. The summed E-state index contributed by atoms with van der Waals surface area (Å²) < 4.78 is 61.3. The van der Waals surface area contributed by atoms with Crippen LogP contribution in [-0.2, 0) is 0 Å². The highest BCUT2D eigenvalue weighted by Gasteiger charge is 2.43. The Bertz CT molecular complexity index is 799. The van der Waals surface area contributed by atoms with Crippen LogP contribution in [-0.4, -0.2) is 49.0 Å². The highest BCUT2D eigenvalue weighted by Crippen LogP contribution is 2.49. The van der Waals surface area contributed by atoms with Gasteiger partial charge in [-0.25, -0.2) is 17.6 Å². The number of likely N-dealkylation sites (tertiary alicyclic amines) is 1. The highest BCUT2D eigenvalue weighted by atomic mass is 19.3. The average molecular weight is 457 g/mol. The van der Waals surface area contributed by atoms with Gasteiger partial charge in [0.05, 0.1) is 13.2 Å². The van der Waals surface area contributed by atoms with Crippen molar-refractivity contribution in [3.05, 3.63) is 29.3 Å². The molecule has 4 rings (SSSR count). The van der Waals surface area contributed by atoms with Gasteiger partial charge in [-0.1, -0.05) is 6.92 Å². The molecule has 3 fully saturated rings. The number of nitrogens with zero attached hydrogens (tertiary/aromatic N) is 1. The van der Waals surface area contributed by atoms with Gasteiger partial charge in [0.1, 0.15) is 22.9 Å². The lowest BCUT2D eigenvalue weighted by Crippen LogP contribution is -2.41. The first-order valence-corrected chi connectivity index (χ1v) is 11.8. The van der Waals surface area contributed by atoms with Gasteiger partial charge in [-0.05, 0) is 69.4 Å². The molecular formula is C24H32F4N2O2. The third-order valence-electron chi connectivity index (χ3n) is 7.10. The molecule has 0 bridgehead atoms. The van der Waals surface area contributed by atoms with Gasteiger partial charge < -0.3 is 10.1 Å². The molecule has 1 heterocycles. The van der Waals surface area contributed by atoms with Gasteiger partial charge in [-0.15, -0.1) is 0 Å². The van der Waals surface area contributed by atoms with Gasteiger partial charge in [0, 0.05) is 24.6 Å². The maximum absolute atomic E-state index is 14.3. The Hall–Kier alpha value is -1.83. The number of ether oxygens (including phenoxy) is 1. The first kappa shape index (κ1) is 23.3. The van der Waals surface area contributed by atoms with Gasteiger partial charge >= 0.3 is 0 Å². The number of carbonyl (C=O) groups excluding carboxylic acids is 1. The van der Waals surface area contributed by atoms with Crippen molar-refractivity contribution >= 4 is 5.91 Å². The summed E-state index contributed by atoms with van der Waals surface area (Å²) in [5, 5.41) is 2.59. The molecule has 0 aromatic heterocycles. The van der Waals surface area contributed by atoms with Crippen LogP contribution < -0.4 is 10.1 Å². The maximum atomic E-state index is 14.3. The van der Waals surface area contributed by atoms with Crippen molar-refractivity contribution in [2.24, 2.45) is 17.8 Å². The number of amides is 1. The largest absolute Gasteiger partial charge is 0.493 e. The summed E-state index contributed by atoms with van der Waals surface area (Å²) in [6.45, 7) is 3.17. The number of carbonyl (C=O) groups is 1. The zero-order chi connectivity index (χ0) is 22.9. The number of alkyl halides is 2. The van der Waals surface area contributed by atoms with Gasteiger partial charge in [0.2, 0.25) is 0 Å². The van der Waals surface area contributed by atoms with Crippen molar-refractivity contribution in [2.75, 3.05) is 26.2 Å². The molecule has 2 aliphatic carbocycles. The SMILES string of the molecule is CCC(F)(F)CN1CCC([C@H]2C[C@H]2CCOc2cc(F)c(C(=O)NC3CC3)c(F)c2)CC1. The summed E-state index contributed by atoms with van der Waals surface area (Å²) >= 11 is 0. The third-order valence-corrected chi connectivity index (χ3v) is 7.10. The third kappa shape index (κ3) is 5.94. The molecule has 2 atom stereocenters. The molecule has 1 aromatic carbocycles. The summed E-state index contributed by atoms with van der Waals surface area (Å²) in [7, 11) is 0. The van der Waals surface area contributed by atoms with Crippen LogP contribution in [0.2, 0.25) is 0 Å². The van der Waals surface area contributed by atoms with Crippen molar-refractivity contribution in [1.82, 2.24) is 10.2 Å². The molecule has 1 aliphatic heterocycles. The van der Waals surface area contributed by atoms with Crippen LogP contribution in [0, 0.1) is 29.4 Å². The van der Waals surface area contributed by atoms with Crippen LogP contribution in [0.15, 0.2) is 12.1 Å². The van der Waals surface area contributed by atoms with Crippen molar-refractivity contribution in [1.29, 1.82) is 0 Å². The summed E-state index contributed by atoms with van der Waals surface area (Å²) in [4.78, 5) is 13.9. The van der Waals surface area contributed by atoms with E-state index in [2.05, 4.69) is 5.32 Å². The number of hydrogen-bond donors (Lipinski definition) is 1. The normalized spacial score (nSPS) is 24.4. The Kier molecular flexibility index (Phi) is 6.98. The van der Waals surface area contributed by atoms with Crippen LogP contribution in [0.5, 0.6) is 5.75 Å². The Morgan fingerprint density at radius 2 is 1.81 bits per heavy atom. The van der Waals surface area contributed by atoms with Gasteiger partial charge in [0.15, 0.2) is 0 Å². The van der Waals surface area contributed by atoms with Crippen LogP contribution >= 0.6 is 0 Å². The van der Waals surface area contributed by atoms with E-state index in [1.165, 1.54) is 6.92 Å². The molecule has 0 unspecified atom stereocenters. The Labute approximate surface area is 186 Å². The molecule has 2 saturated carbocycles. The topological polar surface area (TPSA) is 41.6 Å². The molecule has 0 spiro atoms. The number of benzene rings is 1. The minimum absolute atomic E-state index is 0.0215. The van der Waals surface area contributed by atoms with E-state index < -0.39 is 29.0 Å². The summed E-state index contributed by atoms with van der Waals surface area (Å²) in [6, 6.07) is 2.15. The molecule has 4 nitrogen and oxygen atoms in total. The fourth-order valence-corrected chi connectivity index (χ4v) is 4.82. The maximum Gasteiger partial charge on any atom is 0.260 e.